The van der Waals surface area contributed by atoms with Crippen LogP contribution in [-0.2, 0) is 12.8 Å². The van der Waals surface area contributed by atoms with E-state index >= 15 is 0 Å². The quantitative estimate of drug-likeness (QED) is 0.468. The van der Waals surface area contributed by atoms with Crippen molar-refractivity contribution in [3.8, 4) is 28.7 Å². The van der Waals surface area contributed by atoms with E-state index in [1.54, 1.807) is 47.7 Å². The van der Waals surface area contributed by atoms with Crippen LogP contribution in [0.1, 0.15) is 33.1 Å². The van der Waals surface area contributed by atoms with Crippen LogP contribution in [0.3, 0.4) is 0 Å². The summed E-state index contributed by atoms with van der Waals surface area (Å²) in [7, 11) is 8.10. The highest BCUT2D eigenvalue weighted by Gasteiger charge is 2.33. The number of hydrogen-bond donors (Lipinski definition) is 0. The van der Waals surface area contributed by atoms with Crippen LogP contribution in [0.5, 0.6) is 28.7 Å². The molecule has 7 nitrogen and oxygen atoms in total. The van der Waals surface area contributed by atoms with Gasteiger partial charge in [-0.2, -0.15) is 0 Å². The summed E-state index contributed by atoms with van der Waals surface area (Å²) in [6.45, 7) is 0.589. The molecule has 1 aliphatic heterocycles. The van der Waals surface area contributed by atoms with Gasteiger partial charge in [-0.3, -0.25) is 4.79 Å². The second kappa shape index (κ2) is 10.6. The molecule has 0 bridgehead atoms. The molecule has 0 aliphatic carbocycles. The second-order valence-electron chi connectivity index (χ2n) is 8.29. The second-order valence-corrected chi connectivity index (χ2v) is 8.29. The Morgan fingerprint density at radius 3 is 2.03 bits per heavy atom. The number of benzene rings is 3. The van der Waals surface area contributed by atoms with E-state index in [0.29, 0.717) is 47.3 Å². The van der Waals surface area contributed by atoms with Gasteiger partial charge in [0.15, 0.2) is 23.0 Å². The van der Waals surface area contributed by atoms with Gasteiger partial charge < -0.3 is 28.6 Å². The minimum Gasteiger partial charge on any atom is -0.497 e. The highest BCUT2D eigenvalue weighted by molar-refractivity contribution is 5.95. The Labute approximate surface area is 206 Å². The van der Waals surface area contributed by atoms with Gasteiger partial charge in [-0.15, -0.1) is 0 Å². The molecule has 0 saturated carbocycles. The zero-order valence-corrected chi connectivity index (χ0v) is 20.8. The maximum Gasteiger partial charge on any atom is 0.254 e. The summed E-state index contributed by atoms with van der Waals surface area (Å²) in [5.41, 5.74) is 3.84. The molecule has 0 N–H and O–H groups in total. The van der Waals surface area contributed by atoms with Gasteiger partial charge in [0.25, 0.3) is 5.91 Å². The first-order valence-corrected chi connectivity index (χ1v) is 11.4. The van der Waals surface area contributed by atoms with Gasteiger partial charge in [0.05, 0.1) is 41.6 Å². The van der Waals surface area contributed by atoms with E-state index < -0.39 is 0 Å². The Hall–Kier alpha value is -3.87. The van der Waals surface area contributed by atoms with Crippen molar-refractivity contribution in [2.24, 2.45) is 0 Å². The van der Waals surface area contributed by atoms with Crippen LogP contribution in [0.2, 0.25) is 0 Å². The molecule has 3 aromatic rings. The molecule has 184 valence electrons. The van der Waals surface area contributed by atoms with Crippen molar-refractivity contribution in [2.75, 3.05) is 42.1 Å². The minimum absolute atomic E-state index is 0.0291. The maximum absolute atomic E-state index is 13.7. The summed E-state index contributed by atoms with van der Waals surface area (Å²) in [5.74, 6) is 3.33. The van der Waals surface area contributed by atoms with Gasteiger partial charge in [0.1, 0.15) is 5.75 Å². The number of hydrogen-bond acceptors (Lipinski definition) is 6. The number of ether oxygens (including phenoxy) is 5. The van der Waals surface area contributed by atoms with E-state index in [1.165, 1.54) is 0 Å². The van der Waals surface area contributed by atoms with E-state index in [-0.39, 0.29) is 11.9 Å². The number of carbonyl (C=O) groups excluding carboxylic acids is 1. The van der Waals surface area contributed by atoms with E-state index in [4.69, 9.17) is 23.7 Å². The largest absolute Gasteiger partial charge is 0.497 e. The lowest BCUT2D eigenvalue weighted by Crippen LogP contribution is -2.41. The molecule has 0 saturated heterocycles. The zero-order valence-electron chi connectivity index (χ0n) is 20.8. The number of fused-ring (bicyclic) bond motifs is 1. The molecule has 1 atom stereocenters. The summed E-state index contributed by atoms with van der Waals surface area (Å²) in [4.78, 5) is 15.6. The summed E-state index contributed by atoms with van der Waals surface area (Å²) in [6, 6.07) is 16.9. The molecule has 1 heterocycles. The molecular weight excluding hydrogens is 446 g/mol. The lowest BCUT2D eigenvalue weighted by molar-refractivity contribution is 0.0659. The van der Waals surface area contributed by atoms with Crippen molar-refractivity contribution in [1.29, 1.82) is 0 Å². The monoisotopic (exact) mass is 477 g/mol. The highest BCUT2D eigenvalue weighted by Crippen LogP contribution is 2.41. The molecular formula is C28H31NO6. The Morgan fingerprint density at radius 2 is 1.40 bits per heavy atom. The normalized spacial score (nSPS) is 14.7. The zero-order chi connectivity index (χ0) is 24.9. The van der Waals surface area contributed by atoms with Crippen LogP contribution >= 0.6 is 0 Å². The van der Waals surface area contributed by atoms with Gasteiger partial charge in [-0.1, -0.05) is 6.07 Å². The third kappa shape index (κ3) is 4.85. The van der Waals surface area contributed by atoms with Crippen molar-refractivity contribution in [3.63, 3.8) is 0 Å². The SMILES string of the molecule is COc1ccc(C(=O)N2CCc3cc(OC)c(OC)cc3[C@@H]2Cc2ccc(OC)c(OC)c2)cc1. The maximum atomic E-state index is 13.7. The van der Waals surface area contributed by atoms with E-state index in [9.17, 15) is 4.79 Å². The van der Waals surface area contributed by atoms with Crippen LogP contribution in [0.15, 0.2) is 54.6 Å². The number of rotatable bonds is 8. The smallest absolute Gasteiger partial charge is 0.254 e. The summed E-state index contributed by atoms with van der Waals surface area (Å²) < 4.78 is 27.3. The Bertz CT molecular complexity index is 1190. The molecule has 7 heteroatoms. The molecule has 1 amide bonds. The molecule has 0 unspecified atom stereocenters. The van der Waals surface area contributed by atoms with E-state index in [1.807, 2.05) is 47.4 Å². The van der Waals surface area contributed by atoms with Crippen LogP contribution in [0.4, 0.5) is 0 Å². The fourth-order valence-corrected chi connectivity index (χ4v) is 4.62. The molecule has 0 aromatic heterocycles. The first-order valence-electron chi connectivity index (χ1n) is 11.4. The number of amides is 1. The summed E-state index contributed by atoms with van der Waals surface area (Å²) in [5, 5.41) is 0. The molecule has 3 aromatic carbocycles. The predicted octanol–water partition coefficient (Wildman–Crippen LogP) is 4.71. The Morgan fingerprint density at radius 1 is 0.771 bits per heavy atom. The Balaban J connectivity index is 1.76. The van der Waals surface area contributed by atoms with Crippen molar-refractivity contribution >= 4 is 5.91 Å². The van der Waals surface area contributed by atoms with Gasteiger partial charge >= 0.3 is 0 Å². The van der Waals surface area contributed by atoms with E-state index in [0.717, 1.165) is 23.1 Å². The molecule has 1 aliphatic rings. The molecule has 35 heavy (non-hydrogen) atoms. The standard InChI is InChI=1S/C28H31NO6/c1-31-21-9-7-19(8-10-21)28(30)29-13-12-20-16-26(34-4)27(35-5)17-22(20)23(29)14-18-6-11-24(32-2)25(15-18)33-3/h6-11,15-17,23H,12-14H2,1-5H3/t23-/m0/s1. The average Bonchev–Trinajstić information content (AvgIpc) is 2.91. The fraction of sp³-hybridized carbons (Fsp3) is 0.321. The van der Waals surface area contributed by atoms with Crippen molar-refractivity contribution in [3.05, 3.63) is 76.9 Å². The molecule has 0 radical (unpaired) electrons. The van der Waals surface area contributed by atoms with Crippen LogP contribution < -0.4 is 23.7 Å². The first kappa shape index (κ1) is 24.3. The van der Waals surface area contributed by atoms with Gasteiger partial charge in [-0.25, -0.2) is 0 Å². The van der Waals surface area contributed by atoms with Gasteiger partial charge in [0, 0.05) is 12.1 Å². The lowest BCUT2D eigenvalue weighted by Gasteiger charge is -2.38. The van der Waals surface area contributed by atoms with Crippen LogP contribution in [0, 0.1) is 0 Å². The molecule has 4 rings (SSSR count). The highest BCUT2D eigenvalue weighted by atomic mass is 16.5. The summed E-state index contributed by atoms with van der Waals surface area (Å²) in [6.07, 6.45) is 1.32. The van der Waals surface area contributed by atoms with Crippen LogP contribution in [-0.4, -0.2) is 52.9 Å². The molecule has 0 fully saturated rings. The van der Waals surface area contributed by atoms with Gasteiger partial charge in [0.2, 0.25) is 0 Å². The van der Waals surface area contributed by atoms with Gasteiger partial charge in [-0.05, 0) is 78.1 Å². The fourth-order valence-electron chi connectivity index (χ4n) is 4.62. The van der Waals surface area contributed by atoms with Crippen molar-refractivity contribution < 1.29 is 28.5 Å². The minimum atomic E-state index is -0.203. The predicted molar refractivity (Wildman–Crippen MR) is 133 cm³/mol. The number of carbonyl (C=O) groups is 1. The summed E-state index contributed by atoms with van der Waals surface area (Å²) >= 11 is 0. The average molecular weight is 478 g/mol. The number of nitrogens with zero attached hydrogens (tertiary/aromatic N) is 1. The van der Waals surface area contributed by atoms with Crippen LogP contribution in [0.25, 0.3) is 0 Å². The third-order valence-electron chi connectivity index (χ3n) is 6.48. The Kier molecular flexibility index (Phi) is 7.34. The van der Waals surface area contributed by atoms with Crippen molar-refractivity contribution in [2.45, 2.75) is 18.9 Å². The lowest BCUT2D eigenvalue weighted by atomic mass is 9.87. The number of methoxy groups -OCH3 is 5. The van der Waals surface area contributed by atoms with E-state index in [2.05, 4.69) is 0 Å². The first-order chi connectivity index (χ1) is 17.0. The van der Waals surface area contributed by atoms with Crippen molar-refractivity contribution in [1.82, 2.24) is 4.90 Å². The topological polar surface area (TPSA) is 66.5 Å². The third-order valence-corrected chi connectivity index (χ3v) is 6.48. The molecule has 0 spiro atoms.